The molecule has 2 aliphatic rings. The van der Waals surface area contributed by atoms with Gasteiger partial charge in [-0.3, -0.25) is 14.5 Å². The molecular weight excluding hydrogens is 432 g/mol. The predicted octanol–water partition coefficient (Wildman–Crippen LogP) is 1.26. The number of anilines is 1. The third-order valence-electron chi connectivity index (χ3n) is 6.02. The molecule has 9 nitrogen and oxygen atoms in total. The topological polar surface area (TPSA) is 116 Å². The standard InChI is InChI=1S/C22H24N4O5S/c1-14-4-6-16(7-5-14)22(2)20(28)26(21(29)24-22)13-19(27)25-11-10-15-12-17(8-9-18(15)25)32(30,31)23-3/h4-9,12,23H,10-11,13H2,1-3H3,(H,24,29). The lowest BCUT2D eigenvalue weighted by molar-refractivity contribution is -0.134. The quantitative estimate of drug-likeness (QED) is 0.657. The lowest BCUT2D eigenvalue weighted by Crippen LogP contribution is -2.44. The summed E-state index contributed by atoms with van der Waals surface area (Å²) in [5, 5.41) is 2.70. The van der Waals surface area contributed by atoms with Crippen LogP contribution in [-0.4, -0.2) is 51.3 Å². The van der Waals surface area contributed by atoms with Crippen molar-refractivity contribution in [3.63, 3.8) is 0 Å². The molecule has 0 radical (unpaired) electrons. The molecule has 1 fully saturated rings. The van der Waals surface area contributed by atoms with Crippen molar-refractivity contribution in [3.05, 3.63) is 59.2 Å². The lowest BCUT2D eigenvalue weighted by Gasteiger charge is -2.23. The summed E-state index contributed by atoms with van der Waals surface area (Å²) in [6, 6.07) is 11.2. The first-order chi connectivity index (χ1) is 15.1. The predicted molar refractivity (Wildman–Crippen MR) is 118 cm³/mol. The van der Waals surface area contributed by atoms with Gasteiger partial charge in [-0.1, -0.05) is 29.8 Å². The molecule has 168 valence electrons. The molecule has 2 heterocycles. The minimum Gasteiger partial charge on any atom is -0.319 e. The number of aryl methyl sites for hydroxylation is 1. The van der Waals surface area contributed by atoms with Gasteiger partial charge in [0.2, 0.25) is 15.9 Å². The number of nitrogens with zero attached hydrogens (tertiary/aromatic N) is 2. The highest BCUT2D eigenvalue weighted by molar-refractivity contribution is 7.89. The maximum Gasteiger partial charge on any atom is 0.325 e. The van der Waals surface area contributed by atoms with E-state index in [1.807, 2.05) is 19.1 Å². The highest BCUT2D eigenvalue weighted by atomic mass is 32.2. The number of imide groups is 1. The van der Waals surface area contributed by atoms with Gasteiger partial charge in [-0.2, -0.15) is 0 Å². The Morgan fingerprint density at radius 1 is 1.16 bits per heavy atom. The summed E-state index contributed by atoms with van der Waals surface area (Å²) >= 11 is 0. The molecule has 2 aromatic rings. The molecule has 0 spiro atoms. The van der Waals surface area contributed by atoms with Gasteiger partial charge >= 0.3 is 6.03 Å². The number of fused-ring (bicyclic) bond motifs is 1. The zero-order chi connectivity index (χ0) is 23.3. The van der Waals surface area contributed by atoms with Gasteiger partial charge < -0.3 is 10.2 Å². The van der Waals surface area contributed by atoms with Gasteiger partial charge in [-0.05, 0) is 56.6 Å². The summed E-state index contributed by atoms with van der Waals surface area (Å²) in [5.74, 6) is -0.904. The molecule has 0 bridgehead atoms. The maximum atomic E-state index is 13.1. The number of sulfonamides is 1. The first-order valence-corrected chi connectivity index (χ1v) is 11.6. The Morgan fingerprint density at radius 2 is 1.84 bits per heavy atom. The van der Waals surface area contributed by atoms with Gasteiger partial charge in [0.15, 0.2) is 0 Å². The van der Waals surface area contributed by atoms with Gasteiger partial charge in [-0.25, -0.2) is 17.9 Å². The Morgan fingerprint density at radius 3 is 2.50 bits per heavy atom. The molecule has 1 saturated heterocycles. The smallest absolute Gasteiger partial charge is 0.319 e. The molecule has 2 aliphatic heterocycles. The van der Waals surface area contributed by atoms with Crippen molar-refractivity contribution in [2.45, 2.75) is 30.7 Å². The molecule has 2 aromatic carbocycles. The fraction of sp³-hybridized carbons (Fsp3) is 0.318. The van der Waals surface area contributed by atoms with Crippen LogP contribution in [0.1, 0.15) is 23.6 Å². The Balaban J connectivity index is 1.54. The molecule has 10 heteroatoms. The number of hydrogen-bond acceptors (Lipinski definition) is 5. The Hall–Kier alpha value is -3.24. The number of carbonyl (C=O) groups is 3. The summed E-state index contributed by atoms with van der Waals surface area (Å²) in [6.07, 6.45) is 0.482. The molecule has 0 aliphatic carbocycles. The fourth-order valence-corrected chi connectivity index (χ4v) is 4.85. The minimum absolute atomic E-state index is 0.121. The van der Waals surface area contributed by atoms with Crippen LogP contribution in [0.5, 0.6) is 0 Å². The zero-order valence-corrected chi connectivity index (χ0v) is 18.8. The van der Waals surface area contributed by atoms with Gasteiger partial charge in [0.1, 0.15) is 12.1 Å². The average molecular weight is 457 g/mol. The molecule has 2 N–H and O–H groups in total. The van der Waals surface area contributed by atoms with Crippen molar-refractivity contribution in [2.75, 3.05) is 25.0 Å². The van der Waals surface area contributed by atoms with E-state index in [-0.39, 0.29) is 4.90 Å². The van der Waals surface area contributed by atoms with Crippen LogP contribution >= 0.6 is 0 Å². The number of amides is 4. The van der Waals surface area contributed by atoms with Gasteiger partial charge in [-0.15, -0.1) is 0 Å². The van der Waals surface area contributed by atoms with E-state index in [1.54, 1.807) is 25.1 Å². The van der Waals surface area contributed by atoms with Crippen LogP contribution < -0.4 is 14.9 Å². The first kappa shape index (κ1) is 22.0. The monoisotopic (exact) mass is 456 g/mol. The number of hydrogen-bond donors (Lipinski definition) is 2. The summed E-state index contributed by atoms with van der Waals surface area (Å²) < 4.78 is 26.3. The SMILES string of the molecule is CNS(=O)(=O)c1ccc2c(c1)CCN2C(=O)CN1C(=O)NC(C)(c2ccc(C)cc2)C1=O. The second kappa shape index (κ2) is 7.72. The summed E-state index contributed by atoms with van der Waals surface area (Å²) in [4.78, 5) is 41.2. The molecular formula is C22H24N4O5S. The minimum atomic E-state index is -3.59. The molecule has 1 atom stereocenters. The Bertz CT molecular complexity index is 1230. The Labute approximate surface area is 186 Å². The largest absolute Gasteiger partial charge is 0.325 e. The molecule has 0 saturated carbocycles. The highest BCUT2D eigenvalue weighted by Gasteiger charge is 2.49. The third kappa shape index (κ3) is 3.55. The highest BCUT2D eigenvalue weighted by Crippen LogP contribution is 2.32. The van der Waals surface area contributed by atoms with Crippen LogP contribution in [0.25, 0.3) is 0 Å². The van der Waals surface area contributed by atoms with E-state index in [0.29, 0.717) is 24.2 Å². The normalized spacial score (nSPS) is 20.5. The van der Waals surface area contributed by atoms with E-state index in [1.165, 1.54) is 24.1 Å². The van der Waals surface area contributed by atoms with Crippen molar-refractivity contribution in [1.82, 2.24) is 14.9 Å². The fourth-order valence-electron chi connectivity index (χ4n) is 4.07. The van der Waals surface area contributed by atoms with Crippen molar-refractivity contribution in [1.29, 1.82) is 0 Å². The van der Waals surface area contributed by atoms with Gasteiger partial charge in [0.05, 0.1) is 4.90 Å². The van der Waals surface area contributed by atoms with E-state index >= 15 is 0 Å². The van der Waals surface area contributed by atoms with Crippen molar-refractivity contribution < 1.29 is 22.8 Å². The van der Waals surface area contributed by atoms with E-state index in [0.717, 1.165) is 16.0 Å². The van der Waals surface area contributed by atoms with Gasteiger partial charge in [0, 0.05) is 12.2 Å². The number of benzene rings is 2. The van der Waals surface area contributed by atoms with E-state index in [9.17, 15) is 22.8 Å². The van der Waals surface area contributed by atoms with Crippen LogP contribution in [0.2, 0.25) is 0 Å². The van der Waals surface area contributed by atoms with Gasteiger partial charge in [0.25, 0.3) is 5.91 Å². The summed E-state index contributed by atoms with van der Waals surface area (Å²) in [5.41, 5.74) is 1.72. The second-order valence-corrected chi connectivity index (χ2v) is 9.99. The van der Waals surface area contributed by atoms with E-state index in [2.05, 4.69) is 10.0 Å². The van der Waals surface area contributed by atoms with Crippen LogP contribution in [-0.2, 0) is 31.6 Å². The average Bonchev–Trinajstić information content (AvgIpc) is 3.28. The van der Waals surface area contributed by atoms with Crippen LogP contribution in [0, 0.1) is 6.92 Å². The van der Waals surface area contributed by atoms with Crippen molar-refractivity contribution >= 4 is 33.6 Å². The zero-order valence-electron chi connectivity index (χ0n) is 18.0. The number of urea groups is 1. The Kier molecular flexibility index (Phi) is 5.30. The van der Waals surface area contributed by atoms with Crippen LogP contribution in [0.15, 0.2) is 47.4 Å². The molecule has 0 aromatic heterocycles. The third-order valence-corrected chi connectivity index (χ3v) is 7.44. The number of rotatable bonds is 5. The lowest BCUT2D eigenvalue weighted by atomic mass is 9.91. The number of carbonyl (C=O) groups excluding carboxylic acids is 3. The van der Waals surface area contributed by atoms with E-state index in [4.69, 9.17) is 0 Å². The second-order valence-electron chi connectivity index (χ2n) is 8.11. The molecule has 1 unspecified atom stereocenters. The van der Waals surface area contributed by atoms with Crippen LogP contribution in [0.4, 0.5) is 10.5 Å². The summed E-state index contributed by atoms with van der Waals surface area (Å²) in [6.45, 7) is 3.49. The van der Waals surface area contributed by atoms with Crippen LogP contribution in [0.3, 0.4) is 0 Å². The molecule has 4 rings (SSSR count). The van der Waals surface area contributed by atoms with E-state index < -0.39 is 40.0 Å². The maximum absolute atomic E-state index is 13.1. The first-order valence-electron chi connectivity index (χ1n) is 10.1. The number of nitrogens with one attached hydrogen (secondary N) is 2. The van der Waals surface area contributed by atoms with Crippen molar-refractivity contribution in [3.8, 4) is 0 Å². The van der Waals surface area contributed by atoms with Crippen molar-refractivity contribution in [2.24, 2.45) is 0 Å². The summed E-state index contributed by atoms with van der Waals surface area (Å²) in [7, 11) is -2.26. The molecule has 32 heavy (non-hydrogen) atoms. The molecule has 4 amide bonds.